The zero-order valence-corrected chi connectivity index (χ0v) is 10.3. The Morgan fingerprint density at radius 1 is 1.14 bits per heavy atom. The van der Waals surface area contributed by atoms with Crippen molar-refractivity contribution in [2.24, 2.45) is 0 Å². The van der Waals surface area contributed by atoms with Crippen LogP contribution in [0.1, 0.15) is 34.6 Å². The van der Waals surface area contributed by atoms with Gasteiger partial charge in [-0.05, 0) is 34.6 Å². The van der Waals surface area contributed by atoms with Crippen molar-refractivity contribution >= 4 is 18.7 Å². The second-order valence-corrected chi connectivity index (χ2v) is 5.10. The van der Waals surface area contributed by atoms with Gasteiger partial charge in [0.1, 0.15) is 0 Å². The summed E-state index contributed by atoms with van der Waals surface area (Å²) in [5.41, 5.74) is -0.598. The van der Waals surface area contributed by atoms with Crippen LogP contribution < -0.4 is 0 Å². The maximum absolute atomic E-state index is 6.10. The average molecular weight is 217 g/mol. The standard InChI is InChI=1S/C10H18BClO2/c1-6-7-8(12)11-13-9(2,3)10(4,5)14-11/h6-8H,1-5H3/b7-6+/t8-/m1/s1. The average Bonchev–Trinajstić information content (AvgIpc) is 2.22. The van der Waals surface area contributed by atoms with Crippen molar-refractivity contribution in [3.05, 3.63) is 12.2 Å². The van der Waals surface area contributed by atoms with Gasteiger partial charge in [0.25, 0.3) is 0 Å². The zero-order chi connectivity index (χ0) is 11.0. The predicted octanol–water partition coefficient (Wildman–Crippen LogP) is 2.80. The summed E-state index contributed by atoms with van der Waals surface area (Å²) in [6.07, 6.45) is 3.78. The monoisotopic (exact) mass is 216 g/mol. The van der Waals surface area contributed by atoms with Crippen LogP contribution in [0.4, 0.5) is 0 Å². The molecule has 1 rings (SSSR count). The van der Waals surface area contributed by atoms with Crippen LogP contribution in [0.15, 0.2) is 12.2 Å². The fourth-order valence-electron chi connectivity index (χ4n) is 1.29. The Balaban J connectivity index is 2.72. The van der Waals surface area contributed by atoms with Crippen molar-refractivity contribution in [2.75, 3.05) is 0 Å². The first-order valence-electron chi connectivity index (χ1n) is 4.93. The van der Waals surface area contributed by atoms with E-state index >= 15 is 0 Å². The van der Waals surface area contributed by atoms with E-state index in [4.69, 9.17) is 20.9 Å². The second kappa shape index (κ2) is 3.88. The molecule has 1 heterocycles. The third-order valence-corrected chi connectivity index (χ3v) is 3.26. The van der Waals surface area contributed by atoms with E-state index in [1.54, 1.807) is 0 Å². The smallest absolute Gasteiger partial charge is 0.402 e. The molecule has 1 atom stereocenters. The molecule has 1 aliphatic rings. The summed E-state index contributed by atoms with van der Waals surface area (Å²) in [4.78, 5) is 0. The van der Waals surface area contributed by atoms with Crippen molar-refractivity contribution < 1.29 is 9.31 Å². The summed E-state index contributed by atoms with van der Waals surface area (Å²) in [5.74, 6) is 0. The number of rotatable bonds is 2. The van der Waals surface area contributed by atoms with E-state index in [0.29, 0.717) is 0 Å². The lowest BCUT2D eigenvalue weighted by Crippen LogP contribution is -2.41. The fraction of sp³-hybridized carbons (Fsp3) is 0.800. The van der Waals surface area contributed by atoms with Crippen LogP contribution in [-0.4, -0.2) is 23.6 Å². The number of hydrogen-bond acceptors (Lipinski definition) is 2. The molecule has 0 aliphatic carbocycles. The molecule has 0 radical (unpaired) electrons. The van der Waals surface area contributed by atoms with Crippen LogP contribution >= 0.6 is 11.6 Å². The molecule has 2 nitrogen and oxygen atoms in total. The molecule has 0 unspecified atom stereocenters. The van der Waals surface area contributed by atoms with E-state index in [1.807, 2.05) is 46.8 Å². The van der Waals surface area contributed by atoms with Crippen LogP contribution in [0.3, 0.4) is 0 Å². The summed E-state index contributed by atoms with van der Waals surface area (Å²) >= 11 is 6.10. The van der Waals surface area contributed by atoms with Crippen LogP contribution in [0.5, 0.6) is 0 Å². The molecule has 0 aromatic heterocycles. The van der Waals surface area contributed by atoms with Crippen molar-refractivity contribution in [1.82, 2.24) is 0 Å². The number of hydrogen-bond donors (Lipinski definition) is 0. The minimum Gasteiger partial charge on any atom is -0.402 e. The molecule has 4 heteroatoms. The minimum absolute atomic E-state index is 0.221. The van der Waals surface area contributed by atoms with Gasteiger partial charge in [-0.2, -0.15) is 0 Å². The molecule has 1 saturated heterocycles. The third-order valence-electron chi connectivity index (χ3n) is 2.91. The van der Waals surface area contributed by atoms with Gasteiger partial charge in [-0.3, -0.25) is 0 Å². The first-order valence-corrected chi connectivity index (χ1v) is 5.36. The highest BCUT2D eigenvalue weighted by molar-refractivity contribution is 6.60. The molecule has 0 aromatic carbocycles. The number of allylic oxidation sites excluding steroid dienone is 2. The van der Waals surface area contributed by atoms with E-state index in [1.165, 1.54) is 0 Å². The Morgan fingerprint density at radius 2 is 1.57 bits per heavy atom. The molecule has 1 fully saturated rings. The van der Waals surface area contributed by atoms with Gasteiger partial charge in [0, 0.05) is 0 Å². The Kier molecular flexibility index (Phi) is 3.35. The molecule has 0 spiro atoms. The predicted molar refractivity (Wildman–Crippen MR) is 60.5 cm³/mol. The van der Waals surface area contributed by atoms with E-state index in [9.17, 15) is 0 Å². The van der Waals surface area contributed by atoms with Crippen molar-refractivity contribution in [3.63, 3.8) is 0 Å². The number of alkyl halides is 1. The lowest BCUT2D eigenvalue weighted by molar-refractivity contribution is 0.00578. The molecule has 0 amide bonds. The maximum Gasteiger partial charge on any atom is 0.481 e. The van der Waals surface area contributed by atoms with Crippen molar-refractivity contribution in [1.29, 1.82) is 0 Å². The highest BCUT2D eigenvalue weighted by Crippen LogP contribution is 2.38. The highest BCUT2D eigenvalue weighted by atomic mass is 35.5. The largest absolute Gasteiger partial charge is 0.481 e. The van der Waals surface area contributed by atoms with Crippen LogP contribution in [0, 0.1) is 0 Å². The summed E-state index contributed by atoms with van der Waals surface area (Å²) in [6.45, 7) is 10.0. The molecule has 80 valence electrons. The summed E-state index contributed by atoms with van der Waals surface area (Å²) in [5, 5.41) is -0.221. The first-order chi connectivity index (χ1) is 6.30. The lowest BCUT2D eigenvalue weighted by Gasteiger charge is -2.32. The van der Waals surface area contributed by atoms with E-state index in [0.717, 1.165) is 0 Å². The molecule has 0 saturated carbocycles. The van der Waals surface area contributed by atoms with E-state index in [-0.39, 0.29) is 23.6 Å². The van der Waals surface area contributed by atoms with Gasteiger partial charge < -0.3 is 9.31 Å². The van der Waals surface area contributed by atoms with Gasteiger partial charge in [0.2, 0.25) is 0 Å². The molecule has 0 bridgehead atoms. The molecule has 1 aliphatic heterocycles. The lowest BCUT2D eigenvalue weighted by atomic mass is 9.84. The molecular formula is C10H18BClO2. The minimum atomic E-state index is -0.349. The van der Waals surface area contributed by atoms with E-state index in [2.05, 4.69) is 0 Å². The first kappa shape index (κ1) is 12.1. The normalized spacial score (nSPS) is 27.1. The summed E-state index contributed by atoms with van der Waals surface area (Å²) in [6, 6.07) is 0. The van der Waals surface area contributed by atoms with Gasteiger partial charge in [-0.25, -0.2) is 0 Å². The Hall–Kier alpha value is 0.0149. The molecule has 0 N–H and O–H groups in total. The maximum atomic E-state index is 6.10. The highest BCUT2D eigenvalue weighted by Gasteiger charge is 2.52. The van der Waals surface area contributed by atoms with Crippen molar-refractivity contribution in [3.8, 4) is 0 Å². The summed E-state index contributed by atoms with van der Waals surface area (Å²) < 4.78 is 11.5. The molecule has 0 aromatic rings. The van der Waals surface area contributed by atoms with Crippen LogP contribution in [0.2, 0.25) is 0 Å². The van der Waals surface area contributed by atoms with Crippen LogP contribution in [-0.2, 0) is 9.31 Å². The quantitative estimate of drug-likeness (QED) is 0.401. The van der Waals surface area contributed by atoms with Gasteiger partial charge >= 0.3 is 7.12 Å². The topological polar surface area (TPSA) is 18.5 Å². The third kappa shape index (κ3) is 2.15. The Morgan fingerprint density at radius 3 is 1.93 bits per heavy atom. The van der Waals surface area contributed by atoms with E-state index < -0.39 is 0 Å². The van der Waals surface area contributed by atoms with Crippen LogP contribution in [0.25, 0.3) is 0 Å². The van der Waals surface area contributed by atoms with Gasteiger partial charge in [-0.1, -0.05) is 12.2 Å². The summed E-state index contributed by atoms with van der Waals surface area (Å²) in [7, 11) is -0.349. The van der Waals surface area contributed by atoms with Crippen molar-refractivity contribution in [2.45, 2.75) is 51.1 Å². The molecule has 14 heavy (non-hydrogen) atoms. The molecular weight excluding hydrogens is 198 g/mol. The zero-order valence-electron chi connectivity index (χ0n) is 9.50. The Bertz CT molecular complexity index is 222. The Labute approximate surface area is 91.8 Å². The number of halogens is 1. The van der Waals surface area contributed by atoms with Gasteiger partial charge in [0.15, 0.2) is 0 Å². The van der Waals surface area contributed by atoms with Gasteiger partial charge in [-0.15, -0.1) is 11.6 Å². The van der Waals surface area contributed by atoms with Gasteiger partial charge in [0.05, 0.1) is 16.5 Å². The SMILES string of the molecule is C/C=C/[C@@H](Cl)B1OC(C)(C)C(C)(C)O1. The fourth-order valence-corrected chi connectivity index (χ4v) is 1.54. The second-order valence-electron chi connectivity index (χ2n) is 4.59.